The molecule has 6 heteroatoms. The summed E-state index contributed by atoms with van der Waals surface area (Å²) in [5, 5.41) is 10.0. The SMILES string of the molecule is CC(=O)C1=C(O)C(=O)N(CCN(C)C)[C@@H]1c1ccc(F)cc1. The number of carbonyl (C=O) groups excluding carboxylic acids is 2. The highest BCUT2D eigenvalue weighted by molar-refractivity contribution is 6.08. The van der Waals surface area contributed by atoms with Crippen LogP contribution in [-0.2, 0) is 9.59 Å². The molecule has 22 heavy (non-hydrogen) atoms. The van der Waals surface area contributed by atoms with Gasteiger partial charge in [-0.2, -0.15) is 0 Å². The number of hydrogen-bond donors (Lipinski definition) is 1. The molecule has 0 saturated heterocycles. The summed E-state index contributed by atoms with van der Waals surface area (Å²) in [6.07, 6.45) is 0. The van der Waals surface area contributed by atoms with E-state index in [-0.39, 0.29) is 11.4 Å². The number of aliphatic hydroxyl groups is 1. The first kappa shape index (κ1) is 16.2. The lowest BCUT2D eigenvalue weighted by atomic mass is 9.97. The van der Waals surface area contributed by atoms with Crippen molar-refractivity contribution in [3.8, 4) is 0 Å². The van der Waals surface area contributed by atoms with Gasteiger partial charge < -0.3 is 14.9 Å². The van der Waals surface area contributed by atoms with E-state index in [4.69, 9.17) is 0 Å². The predicted octanol–water partition coefficient (Wildman–Crippen LogP) is 1.67. The molecule has 1 aliphatic rings. The van der Waals surface area contributed by atoms with Gasteiger partial charge in [0.15, 0.2) is 11.5 Å². The lowest BCUT2D eigenvalue weighted by molar-refractivity contribution is -0.129. The fourth-order valence-corrected chi connectivity index (χ4v) is 2.54. The molecule has 1 N–H and O–H groups in total. The molecule has 0 bridgehead atoms. The van der Waals surface area contributed by atoms with Gasteiger partial charge in [-0.3, -0.25) is 9.59 Å². The first-order valence-electron chi connectivity index (χ1n) is 6.98. The predicted molar refractivity (Wildman–Crippen MR) is 79.7 cm³/mol. The molecule has 0 radical (unpaired) electrons. The van der Waals surface area contributed by atoms with E-state index in [1.165, 1.54) is 36.1 Å². The number of aliphatic hydroxyl groups excluding tert-OH is 1. The lowest BCUT2D eigenvalue weighted by Gasteiger charge is -2.27. The summed E-state index contributed by atoms with van der Waals surface area (Å²) >= 11 is 0. The average Bonchev–Trinajstić information content (AvgIpc) is 2.70. The van der Waals surface area contributed by atoms with Gasteiger partial charge in [-0.1, -0.05) is 12.1 Å². The van der Waals surface area contributed by atoms with Crippen LogP contribution in [-0.4, -0.2) is 53.8 Å². The van der Waals surface area contributed by atoms with Gasteiger partial charge >= 0.3 is 0 Å². The van der Waals surface area contributed by atoms with Crippen LogP contribution < -0.4 is 0 Å². The van der Waals surface area contributed by atoms with Crippen LogP contribution in [0.4, 0.5) is 4.39 Å². The van der Waals surface area contributed by atoms with Gasteiger partial charge in [0.2, 0.25) is 0 Å². The normalized spacial score (nSPS) is 18.5. The highest BCUT2D eigenvalue weighted by Gasteiger charge is 2.42. The maximum Gasteiger partial charge on any atom is 0.290 e. The van der Waals surface area contributed by atoms with Crippen LogP contribution in [0.15, 0.2) is 35.6 Å². The Bertz CT molecular complexity index is 623. The summed E-state index contributed by atoms with van der Waals surface area (Å²) in [5.74, 6) is -1.85. The fourth-order valence-electron chi connectivity index (χ4n) is 2.54. The number of halogens is 1. The fraction of sp³-hybridized carbons (Fsp3) is 0.375. The van der Waals surface area contributed by atoms with Crippen LogP contribution in [0.3, 0.4) is 0 Å². The molecule has 0 aromatic heterocycles. The topological polar surface area (TPSA) is 60.9 Å². The molecule has 0 spiro atoms. The van der Waals surface area contributed by atoms with Crippen LogP contribution in [0.25, 0.3) is 0 Å². The molecule has 0 saturated carbocycles. The Morgan fingerprint density at radius 2 is 1.91 bits per heavy atom. The molecular weight excluding hydrogens is 287 g/mol. The number of ketones is 1. The molecule has 1 aromatic rings. The molecule has 5 nitrogen and oxygen atoms in total. The molecule has 1 atom stereocenters. The number of amides is 1. The molecule has 0 unspecified atom stereocenters. The third kappa shape index (κ3) is 3.01. The highest BCUT2D eigenvalue weighted by Crippen LogP contribution is 2.37. The zero-order valence-electron chi connectivity index (χ0n) is 12.8. The number of benzene rings is 1. The van der Waals surface area contributed by atoms with Gasteiger partial charge in [-0.05, 0) is 38.7 Å². The maximum atomic E-state index is 13.1. The van der Waals surface area contributed by atoms with Crippen LogP contribution in [0.5, 0.6) is 0 Å². The summed E-state index contributed by atoms with van der Waals surface area (Å²) < 4.78 is 13.1. The second-order valence-electron chi connectivity index (χ2n) is 5.57. The van der Waals surface area contributed by atoms with E-state index in [0.29, 0.717) is 18.7 Å². The Morgan fingerprint density at radius 1 is 1.32 bits per heavy atom. The number of rotatable bonds is 5. The van der Waals surface area contributed by atoms with Crippen molar-refractivity contribution >= 4 is 11.7 Å². The first-order chi connectivity index (χ1) is 10.3. The largest absolute Gasteiger partial charge is 0.503 e. The van der Waals surface area contributed by atoms with Crippen molar-refractivity contribution in [2.45, 2.75) is 13.0 Å². The van der Waals surface area contributed by atoms with Crippen molar-refractivity contribution in [1.82, 2.24) is 9.80 Å². The number of nitrogens with zero attached hydrogens (tertiary/aromatic N) is 2. The second kappa shape index (κ2) is 6.27. The van der Waals surface area contributed by atoms with Gasteiger partial charge in [-0.25, -0.2) is 4.39 Å². The van der Waals surface area contributed by atoms with Gasteiger partial charge in [-0.15, -0.1) is 0 Å². The van der Waals surface area contributed by atoms with Gasteiger partial charge in [0.05, 0.1) is 11.6 Å². The number of hydrogen-bond acceptors (Lipinski definition) is 4. The van der Waals surface area contributed by atoms with Crippen LogP contribution in [0, 0.1) is 5.82 Å². The van der Waals surface area contributed by atoms with Crippen molar-refractivity contribution in [3.63, 3.8) is 0 Å². The number of likely N-dealkylation sites (N-methyl/N-ethyl adjacent to an activating group) is 1. The summed E-state index contributed by atoms with van der Waals surface area (Å²) in [5.41, 5.74) is 0.665. The third-order valence-electron chi connectivity index (χ3n) is 3.66. The third-order valence-corrected chi connectivity index (χ3v) is 3.66. The average molecular weight is 306 g/mol. The standard InChI is InChI=1S/C16H19FN2O3/c1-10(20)13-14(11-4-6-12(17)7-5-11)19(9-8-18(2)3)16(22)15(13)21/h4-7,14,21H,8-9H2,1-3H3/t14-/m1/s1. The maximum absolute atomic E-state index is 13.1. The molecule has 0 fully saturated rings. The molecule has 0 aliphatic carbocycles. The van der Waals surface area contributed by atoms with Crippen molar-refractivity contribution in [1.29, 1.82) is 0 Å². The molecule has 1 aliphatic heterocycles. The summed E-state index contributed by atoms with van der Waals surface area (Å²) in [7, 11) is 3.74. The Hall–Kier alpha value is -2.21. The van der Waals surface area contributed by atoms with E-state index in [2.05, 4.69) is 0 Å². The van der Waals surface area contributed by atoms with E-state index >= 15 is 0 Å². The van der Waals surface area contributed by atoms with E-state index < -0.39 is 23.5 Å². The Kier molecular flexibility index (Phi) is 4.61. The molecule has 1 aromatic carbocycles. The Morgan fingerprint density at radius 3 is 2.41 bits per heavy atom. The van der Waals surface area contributed by atoms with Crippen LogP contribution in [0.2, 0.25) is 0 Å². The molecule has 2 rings (SSSR count). The monoisotopic (exact) mass is 306 g/mol. The molecule has 118 valence electrons. The number of carbonyl (C=O) groups is 2. The van der Waals surface area contributed by atoms with Crippen molar-refractivity contribution in [2.75, 3.05) is 27.2 Å². The highest BCUT2D eigenvalue weighted by atomic mass is 19.1. The van der Waals surface area contributed by atoms with Gasteiger partial charge in [0, 0.05) is 13.1 Å². The van der Waals surface area contributed by atoms with Crippen molar-refractivity contribution in [2.24, 2.45) is 0 Å². The minimum absolute atomic E-state index is 0.0652. The zero-order valence-corrected chi connectivity index (χ0v) is 12.8. The zero-order chi connectivity index (χ0) is 16.4. The van der Waals surface area contributed by atoms with Crippen molar-refractivity contribution < 1.29 is 19.1 Å². The van der Waals surface area contributed by atoms with E-state index in [0.717, 1.165) is 0 Å². The molecule has 1 heterocycles. The van der Waals surface area contributed by atoms with E-state index in [9.17, 15) is 19.1 Å². The smallest absolute Gasteiger partial charge is 0.290 e. The minimum Gasteiger partial charge on any atom is -0.503 e. The summed E-state index contributed by atoms with van der Waals surface area (Å²) in [4.78, 5) is 27.5. The minimum atomic E-state index is -0.675. The van der Waals surface area contributed by atoms with Crippen LogP contribution >= 0.6 is 0 Å². The van der Waals surface area contributed by atoms with E-state index in [1.807, 2.05) is 19.0 Å². The molecule has 1 amide bonds. The van der Waals surface area contributed by atoms with Crippen LogP contribution in [0.1, 0.15) is 18.5 Å². The quantitative estimate of drug-likeness (QED) is 0.899. The summed E-state index contributed by atoms with van der Waals surface area (Å²) in [6, 6.07) is 4.92. The van der Waals surface area contributed by atoms with Gasteiger partial charge in [0.1, 0.15) is 5.82 Å². The van der Waals surface area contributed by atoms with E-state index in [1.54, 1.807) is 0 Å². The Balaban J connectivity index is 2.43. The van der Waals surface area contributed by atoms with Gasteiger partial charge in [0.25, 0.3) is 5.91 Å². The Labute approximate surface area is 128 Å². The number of Topliss-reactive ketones (excluding diaryl/α,β-unsaturated/α-hetero) is 1. The molecular formula is C16H19FN2O3. The van der Waals surface area contributed by atoms with Crippen molar-refractivity contribution in [3.05, 3.63) is 47.0 Å². The summed E-state index contributed by atoms with van der Waals surface area (Å²) in [6.45, 7) is 2.25. The second-order valence-corrected chi connectivity index (χ2v) is 5.57. The lowest BCUT2D eigenvalue weighted by Crippen LogP contribution is -2.36. The first-order valence-corrected chi connectivity index (χ1v) is 6.98.